The molecule has 6 heteroatoms. The molecule has 0 radical (unpaired) electrons. The van der Waals surface area contributed by atoms with Gasteiger partial charge in [-0.2, -0.15) is 0 Å². The number of nitrogens with zero attached hydrogens (tertiary/aromatic N) is 3. The van der Waals surface area contributed by atoms with E-state index in [1.165, 1.54) is 0 Å². The molecule has 24 heavy (non-hydrogen) atoms. The van der Waals surface area contributed by atoms with E-state index in [1.54, 1.807) is 34.3 Å². The first-order valence-electron chi connectivity index (χ1n) is 7.89. The van der Waals surface area contributed by atoms with Crippen molar-refractivity contribution in [2.45, 2.75) is 6.61 Å². The average Bonchev–Trinajstić information content (AvgIpc) is 2.67. The van der Waals surface area contributed by atoms with Gasteiger partial charge in [-0.05, 0) is 17.7 Å². The second kappa shape index (κ2) is 7.59. The summed E-state index contributed by atoms with van der Waals surface area (Å²) in [4.78, 5) is 31.8. The fraction of sp³-hybridized carbons (Fsp3) is 0.278. The molecule has 0 spiro atoms. The zero-order valence-electron chi connectivity index (χ0n) is 13.3. The highest BCUT2D eigenvalue weighted by atomic mass is 16.6. The Bertz CT molecular complexity index is 683. The van der Waals surface area contributed by atoms with Gasteiger partial charge in [0.05, 0.1) is 0 Å². The van der Waals surface area contributed by atoms with Crippen LogP contribution in [0.1, 0.15) is 15.9 Å². The minimum absolute atomic E-state index is 0.0327. The molecule has 0 bridgehead atoms. The molecule has 0 unspecified atom stereocenters. The molecular weight excluding hydrogens is 306 g/mol. The molecule has 1 saturated heterocycles. The average molecular weight is 325 g/mol. The Balaban J connectivity index is 1.48. The SMILES string of the molecule is O=C(OCc1ccccc1)N1CCN(C(=O)c2ccncc2)CC1. The third-order valence-electron chi connectivity index (χ3n) is 3.96. The maximum absolute atomic E-state index is 12.4. The maximum Gasteiger partial charge on any atom is 0.410 e. The summed E-state index contributed by atoms with van der Waals surface area (Å²) < 4.78 is 5.32. The maximum atomic E-state index is 12.4. The number of rotatable bonds is 3. The second-order valence-corrected chi connectivity index (χ2v) is 5.56. The summed E-state index contributed by atoms with van der Waals surface area (Å²) in [5.74, 6) is -0.0327. The van der Waals surface area contributed by atoms with Crippen molar-refractivity contribution in [2.24, 2.45) is 0 Å². The highest BCUT2D eigenvalue weighted by molar-refractivity contribution is 5.94. The molecule has 3 rings (SSSR count). The van der Waals surface area contributed by atoms with Crippen molar-refractivity contribution < 1.29 is 14.3 Å². The molecule has 1 aromatic carbocycles. The van der Waals surface area contributed by atoms with E-state index in [2.05, 4.69) is 4.98 Å². The number of benzene rings is 1. The minimum Gasteiger partial charge on any atom is -0.445 e. The van der Waals surface area contributed by atoms with Crippen LogP contribution in [-0.4, -0.2) is 53.0 Å². The molecule has 1 aromatic heterocycles. The van der Waals surface area contributed by atoms with Gasteiger partial charge in [0.2, 0.25) is 0 Å². The number of ether oxygens (including phenoxy) is 1. The molecule has 124 valence electrons. The van der Waals surface area contributed by atoms with Gasteiger partial charge in [-0.3, -0.25) is 9.78 Å². The number of hydrogen-bond donors (Lipinski definition) is 0. The number of pyridine rings is 1. The summed E-state index contributed by atoms with van der Waals surface area (Å²) in [6.45, 7) is 2.22. The van der Waals surface area contributed by atoms with Gasteiger partial charge in [0.15, 0.2) is 0 Å². The van der Waals surface area contributed by atoms with E-state index in [4.69, 9.17) is 4.74 Å². The zero-order valence-corrected chi connectivity index (χ0v) is 13.3. The smallest absolute Gasteiger partial charge is 0.410 e. The molecule has 2 aromatic rings. The van der Waals surface area contributed by atoms with Crippen LogP contribution in [0.2, 0.25) is 0 Å². The molecule has 1 aliphatic heterocycles. The fourth-order valence-electron chi connectivity index (χ4n) is 2.58. The Morgan fingerprint density at radius 3 is 2.21 bits per heavy atom. The number of carbonyl (C=O) groups excluding carboxylic acids is 2. The van der Waals surface area contributed by atoms with Crippen LogP contribution in [-0.2, 0) is 11.3 Å². The van der Waals surface area contributed by atoms with Crippen molar-refractivity contribution in [3.8, 4) is 0 Å². The molecule has 1 aliphatic rings. The molecule has 0 aliphatic carbocycles. The van der Waals surface area contributed by atoms with E-state index in [0.717, 1.165) is 5.56 Å². The highest BCUT2D eigenvalue weighted by Gasteiger charge is 2.25. The van der Waals surface area contributed by atoms with Crippen molar-refractivity contribution in [1.82, 2.24) is 14.8 Å². The third kappa shape index (κ3) is 3.90. The lowest BCUT2D eigenvalue weighted by Gasteiger charge is -2.34. The van der Waals surface area contributed by atoms with Crippen LogP contribution in [0.25, 0.3) is 0 Å². The third-order valence-corrected chi connectivity index (χ3v) is 3.96. The largest absolute Gasteiger partial charge is 0.445 e. The molecule has 0 N–H and O–H groups in total. The Morgan fingerprint density at radius 2 is 1.54 bits per heavy atom. The molecule has 1 fully saturated rings. The van der Waals surface area contributed by atoms with Gasteiger partial charge in [-0.15, -0.1) is 0 Å². The summed E-state index contributed by atoms with van der Waals surface area (Å²) in [6.07, 6.45) is 2.87. The van der Waals surface area contributed by atoms with Crippen molar-refractivity contribution in [3.05, 3.63) is 66.0 Å². The van der Waals surface area contributed by atoms with Gasteiger partial charge in [0.25, 0.3) is 5.91 Å². The number of piperazine rings is 1. The lowest BCUT2D eigenvalue weighted by Crippen LogP contribution is -2.50. The minimum atomic E-state index is -0.338. The number of aromatic nitrogens is 1. The Morgan fingerprint density at radius 1 is 0.917 bits per heavy atom. The number of carbonyl (C=O) groups is 2. The van der Waals surface area contributed by atoms with Crippen LogP contribution in [0.3, 0.4) is 0 Å². The normalized spacial score (nSPS) is 14.3. The van der Waals surface area contributed by atoms with Gasteiger partial charge in [0, 0.05) is 44.1 Å². The molecule has 0 saturated carbocycles. The fourth-order valence-corrected chi connectivity index (χ4v) is 2.58. The van der Waals surface area contributed by atoms with Gasteiger partial charge in [-0.1, -0.05) is 30.3 Å². The first kappa shape index (κ1) is 16.0. The number of amides is 2. The summed E-state index contributed by atoms with van der Waals surface area (Å²) in [7, 11) is 0. The predicted molar refractivity (Wildman–Crippen MR) is 88.3 cm³/mol. The quantitative estimate of drug-likeness (QED) is 0.868. The van der Waals surface area contributed by atoms with E-state index < -0.39 is 0 Å². The van der Waals surface area contributed by atoms with Gasteiger partial charge < -0.3 is 14.5 Å². The number of hydrogen-bond acceptors (Lipinski definition) is 4. The van der Waals surface area contributed by atoms with Crippen molar-refractivity contribution in [3.63, 3.8) is 0 Å². The van der Waals surface area contributed by atoms with Crippen LogP contribution in [0.15, 0.2) is 54.9 Å². The zero-order chi connectivity index (χ0) is 16.8. The first-order valence-corrected chi connectivity index (χ1v) is 7.89. The van der Waals surface area contributed by atoms with E-state index in [9.17, 15) is 9.59 Å². The van der Waals surface area contributed by atoms with Crippen LogP contribution in [0.4, 0.5) is 4.79 Å². The van der Waals surface area contributed by atoms with Crippen LogP contribution < -0.4 is 0 Å². The summed E-state index contributed by atoms with van der Waals surface area (Å²) in [6, 6.07) is 13.0. The predicted octanol–water partition coefficient (Wildman–Crippen LogP) is 2.18. The summed E-state index contributed by atoms with van der Waals surface area (Å²) >= 11 is 0. The van der Waals surface area contributed by atoms with E-state index in [0.29, 0.717) is 31.7 Å². The Kier molecular flexibility index (Phi) is 5.05. The topological polar surface area (TPSA) is 62.7 Å². The molecule has 2 heterocycles. The van der Waals surface area contributed by atoms with Gasteiger partial charge in [0.1, 0.15) is 6.61 Å². The summed E-state index contributed by atoms with van der Waals surface area (Å²) in [5, 5.41) is 0. The van der Waals surface area contributed by atoms with E-state index in [-0.39, 0.29) is 18.6 Å². The standard InChI is InChI=1S/C18H19N3O3/c22-17(16-6-8-19-9-7-16)20-10-12-21(13-11-20)18(23)24-14-15-4-2-1-3-5-15/h1-9H,10-14H2. The van der Waals surface area contributed by atoms with Crippen molar-refractivity contribution in [1.29, 1.82) is 0 Å². The lowest BCUT2D eigenvalue weighted by molar-refractivity contribution is 0.0544. The highest BCUT2D eigenvalue weighted by Crippen LogP contribution is 2.10. The van der Waals surface area contributed by atoms with Crippen molar-refractivity contribution >= 4 is 12.0 Å². The molecule has 2 amide bonds. The molecular formula is C18H19N3O3. The molecule has 6 nitrogen and oxygen atoms in total. The van der Waals surface area contributed by atoms with Crippen LogP contribution in [0.5, 0.6) is 0 Å². The monoisotopic (exact) mass is 325 g/mol. The van der Waals surface area contributed by atoms with Gasteiger partial charge in [-0.25, -0.2) is 4.79 Å². The van der Waals surface area contributed by atoms with E-state index >= 15 is 0 Å². The van der Waals surface area contributed by atoms with E-state index in [1.807, 2.05) is 30.3 Å². The Hall–Kier alpha value is -2.89. The Labute approximate surface area is 140 Å². The molecule has 0 atom stereocenters. The summed E-state index contributed by atoms with van der Waals surface area (Å²) in [5.41, 5.74) is 1.57. The first-order chi connectivity index (χ1) is 11.7. The van der Waals surface area contributed by atoms with Crippen LogP contribution in [0, 0.1) is 0 Å². The van der Waals surface area contributed by atoms with Crippen LogP contribution >= 0.6 is 0 Å². The van der Waals surface area contributed by atoms with Gasteiger partial charge >= 0.3 is 6.09 Å². The van der Waals surface area contributed by atoms with Crippen molar-refractivity contribution in [2.75, 3.05) is 26.2 Å². The second-order valence-electron chi connectivity index (χ2n) is 5.56. The lowest BCUT2D eigenvalue weighted by atomic mass is 10.2.